The summed E-state index contributed by atoms with van der Waals surface area (Å²) in [7, 11) is 0. The van der Waals surface area contributed by atoms with Crippen molar-refractivity contribution in [3.63, 3.8) is 0 Å². The maximum Gasteiger partial charge on any atom is 0.254 e. The number of likely N-dealkylation sites (tertiary alicyclic amines) is 1. The highest BCUT2D eigenvalue weighted by atomic mass is 32.1. The van der Waals surface area contributed by atoms with Crippen molar-refractivity contribution >= 4 is 23.2 Å². The zero-order valence-electron chi connectivity index (χ0n) is 11.1. The molecule has 0 unspecified atom stereocenters. The van der Waals surface area contributed by atoms with Crippen molar-refractivity contribution in [2.24, 2.45) is 17.4 Å². The van der Waals surface area contributed by atoms with E-state index in [-0.39, 0.29) is 17.7 Å². The van der Waals surface area contributed by atoms with Crippen molar-refractivity contribution < 1.29 is 9.59 Å². The Labute approximate surface area is 121 Å². The number of amides is 2. The second kappa shape index (κ2) is 6.55. The highest BCUT2D eigenvalue weighted by molar-refractivity contribution is 7.10. The van der Waals surface area contributed by atoms with Gasteiger partial charge in [-0.25, -0.2) is 0 Å². The van der Waals surface area contributed by atoms with Gasteiger partial charge in [-0.2, -0.15) is 0 Å². The van der Waals surface area contributed by atoms with Crippen LogP contribution in [0.2, 0.25) is 0 Å². The van der Waals surface area contributed by atoms with E-state index in [1.807, 2.05) is 5.38 Å². The van der Waals surface area contributed by atoms with Gasteiger partial charge in [-0.3, -0.25) is 9.59 Å². The van der Waals surface area contributed by atoms with Crippen LogP contribution in [0.3, 0.4) is 0 Å². The number of nitrogens with two attached hydrogens (primary N) is 2. The van der Waals surface area contributed by atoms with Gasteiger partial charge in [0.1, 0.15) is 0 Å². The molecule has 1 saturated heterocycles. The largest absolute Gasteiger partial charge is 0.369 e. The fourth-order valence-corrected chi connectivity index (χ4v) is 2.95. The fourth-order valence-electron chi connectivity index (χ4n) is 2.20. The van der Waals surface area contributed by atoms with Gasteiger partial charge in [0.25, 0.3) is 5.91 Å². The molecule has 0 aromatic carbocycles. The first-order valence-corrected chi connectivity index (χ1v) is 7.36. The van der Waals surface area contributed by atoms with Crippen molar-refractivity contribution in [1.29, 1.82) is 0 Å². The predicted octanol–water partition coefficient (Wildman–Crippen LogP) is 0.396. The number of hydrogen-bond donors (Lipinski definition) is 2. The van der Waals surface area contributed by atoms with Crippen molar-refractivity contribution in [3.8, 4) is 11.8 Å². The number of primary amides is 1. The number of thiophene rings is 1. The first-order valence-electron chi connectivity index (χ1n) is 6.48. The minimum absolute atomic E-state index is 0.00929. The molecule has 1 aromatic heterocycles. The van der Waals surface area contributed by atoms with Gasteiger partial charge < -0.3 is 16.4 Å². The van der Waals surface area contributed by atoms with Crippen LogP contribution in [-0.2, 0) is 4.79 Å². The van der Waals surface area contributed by atoms with E-state index in [0.29, 0.717) is 38.0 Å². The van der Waals surface area contributed by atoms with Gasteiger partial charge in [-0.05, 0) is 18.9 Å². The molecule has 5 nitrogen and oxygen atoms in total. The van der Waals surface area contributed by atoms with Gasteiger partial charge in [-0.15, -0.1) is 11.3 Å². The van der Waals surface area contributed by atoms with Crippen LogP contribution in [0.25, 0.3) is 0 Å². The third-order valence-electron chi connectivity index (χ3n) is 3.34. The summed E-state index contributed by atoms with van der Waals surface area (Å²) in [5.74, 6) is 5.30. The van der Waals surface area contributed by atoms with Crippen molar-refractivity contribution in [2.75, 3.05) is 19.6 Å². The Morgan fingerprint density at radius 3 is 2.70 bits per heavy atom. The topological polar surface area (TPSA) is 89.4 Å². The fraction of sp³-hybridized carbons (Fsp3) is 0.429. The second-order valence-electron chi connectivity index (χ2n) is 4.67. The molecule has 0 radical (unpaired) electrons. The molecule has 1 aliphatic rings. The molecule has 6 heteroatoms. The number of piperidine rings is 1. The Balaban J connectivity index is 1.98. The molecule has 0 saturated carbocycles. The lowest BCUT2D eigenvalue weighted by atomic mass is 9.96. The first kappa shape index (κ1) is 14.6. The maximum atomic E-state index is 12.3. The van der Waals surface area contributed by atoms with Crippen LogP contribution < -0.4 is 11.5 Å². The third-order valence-corrected chi connectivity index (χ3v) is 4.19. The summed E-state index contributed by atoms with van der Waals surface area (Å²) in [6.07, 6.45) is 1.29. The number of carbonyl (C=O) groups excluding carboxylic acids is 2. The summed E-state index contributed by atoms with van der Waals surface area (Å²) in [4.78, 5) is 26.0. The van der Waals surface area contributed by atoms with E-state index in [1.165, 1.54) is 11.3 Å². The second-order valence-corrected chi connectivity index (χ2v) is 5.59. The van der Waals surface area contributed by atoms with Crippen LogP contribution >= 0.6 is 11.3 Å². The molecule has 2 rings (SSSR count). The van der Waals surface area contributed by atoms with E-state index in [1.54, 1.807) is 11.0 Å². The van der Waals surface area contributed by atoms with E-state index >= 15 is 0 Å². The summed E-state index contributed by atoms with van der Waals surface area (Å²) < 4.78 is 0. The van der Waals surface area contributed by atoms with Gasteiger partial charge in [0, 0.05) is 24.4 Å². The van der Waals surface area contributed by atoms with Crippen LogP contribution in [0, 0.1) is 17.8 Å². The molecule has 4 N–H and O–H groups in total. The summed E-state index contributed by atoms with van der Waals surface area (Å²) in [5.41, 5.74) is 11.2. The van der Waals surface area contributed by atoms with E-state index < -0.39 is 0 Å². The molecule has 0 atom stereocenters. The molecule has 106 valence electrons. The Bertz CT molecular complexity index is 562. The molecule has 20 heavy (non-hydrogen) atoms. The molecule has 1 aromatic rings. The summed E-state index contributed by atoms with van der Waals surface area (Å²) in [6.45, 7) is 1.46. The van der Waals surface area contributed by atoms with Gasteiger partial charge in [0.05, 0.1) is 17.0 Å². The summed E-state index contributed by atoms with van der Waals surface area (Å²) in [6, 6.07) is 1.79. The van der Waals surface area contributed by atoms with Gasteiger partial charge in [0.2, 0.25) is 5.91 Å². The minimum Gasteiger partial charge on any atom is -0.369 e. The predicted molar refractivity (Wildman–Crippen MR) is 78.1 cm³/mol. The van der Waals surface area contributed by atoms with Crippen LogP contribution in [-0.4, -0.2) is 36.3 Å². The quantitative estimate of drug-likeness (QED) is 0.773. The van der Waals surface area contributed by atoms with Gasteiger partial charge >= 0.3 is 0 Å². The van der Waals surface area contributed by atoms with Gasteiger partial charge in [0.15, 0.2) is 0 Å². The molecule has 1 fully saturated rings. The molecule has 0 aliphatic carbocycles. The average molecular weight is 291 g/mol. The third kappa shape index (κ3) is 3.38. The Morgan fingerprint density at radius 2 is 2.10 bits per heavy atom. The Morgan fingerprint density at radius 1 is 1.40 bits per heavy atom. The normalized spacial score (nSPS) is 15.6. The van der Waals surface area contributed by atoms with Crippen molar-refractivity contribution in [1.82, 2.24) is 4.90 Å². The Kier molecular flexibility index (Phi) is 4.77. The first-order chi connectivity index (χ1) is 9.61. The molecular formula is C14H17N3O2S. The van der Waals surface area contributed by atoms with Gasteiger partial charge in [-0.1, -0.05) is 11.8 Å². The van der Waals surface area contributed by atoms with Crippen LogP contribution in [0.1, 0.15) is 28.1 Å². The number of carbonyl (C=O) groups is 2. The lowest BCUT2D eigenvalue weighted by molar-refractivity contribution is -0.123. The van der Waals surface area contributed by atoms with E-state index in [0.717, 1.165) is 4.88 Å². The number of rotatable bonds is 2. The van der Waals surface area contributed by atoms with Crippen LogP contribution in [0.5, 0.6) is 0 Å². The zero-order chi connectivity index (χ0) is 14.5. The summed E-state index contributed by atoms with van der Waals surface area (Å²) in [5, 5.41) is 1.81. The summed E-state index contributed by atoms with van der Waals surface area (Å²) >= 11 is 1.44. The highest BCUT2D eigenvalue weighted by Crippen LogP contribution is 2.21. The zero-order valence-corrected chi connectivity index (χ0v) is 11.9. The van der Waals surface area contributed by atoms with Crippen LogP contribution in [0.15, 0.2) is 11.4 Å². The van der Waals surface area contributed by atoms with E-state index in [4.69, 9.17) is 11.5 Å². The molecule has 0 spiro atoms. The highest BCUT2D eigenvalue weighted by Gasteiger charge is 2.26. The lowest BCUT2D eigenvalue weighted by Crippen LogP contribution is -2.41. The maximum absolute atomic E-state index is 12.3. The smallest absolute Gasteiger partial charge is 0.254 e. The van der Waals surface area contributed by atoms with E-state index in [9.17, 15) is 9.59 Å². The molecule has 1 aliphatic heterocycles. The monoisotopic (exact) mass is 291 g/mol. The molecule has 0 bridgehead atoms. The van der Waals surface area contributed by atoms with Crippen molar-refractivity contribution in [3.05, 3.63) is 21.9 Å². The van der Waals surface area contributed by atoms with E-state index in [2.05, 4.69) is 11.8 Å². The molecular weight excluding hydrogens is 274 g/mol. The number of nitrogens with zero attached hydrogens (tertiary/aromatic N) is 1. The number of hydrogen-bond acceptors (Lipinski definition) is 4. The molecule has 2 heterocycles. The van der Waals surface area contributed by atoms with Crippen molar-refractivity contribution in [2.45, 2.75) is 12.8 Å². The minimum atomic E-state index is -0.271. The van der Waals surface area contributed by atoms with Crippen LogP contribution in [0.4, 0.5) is 0 Å². The Hall–Kier alpha value is -1.84. The molecule has 2 amide bonds. The SMILES string of the molecule is NCC#Cc1cc(C(=O)N2CCC(C(N)=O)CC2)cs1. The average Bonchev–Trinajstić information content (AvgIpc) is 2.93. The standard InChI is InChI=1S/C14H17N3O2S/c15-5-1-2-12-8-11(9-20-12)14(19)17-6-3-10(4-7-17)13(16)18/h8-10H,3-7,15H2,(H2,16,18). The lowest BCUT2D eigenvalue weighted by Gasteiger charge is -2.30.